The summed E-state index contributed by atoms with van der Waals surface area (Å²) in [7, 11) is 0. The lowest BCUT2D eigenvalue weighted by Crippen LogP contribution is -2.45. The molecule has 0 aromatic carbocycles. The van der Waals surface area contributed by atoms with E-state index in [1.807, 2.05) is 18.7 Å². The van der Waals surface area contributed by atoms with Gasteiger partial charge in [0.2, 0.25) is 5.91 Å². The molecule has 0 aliphatic carbocycles. The molecule has 4 atom stereocenters. The molecule has 0 aromatic heterocycles. The molecule has 1 amide bonds. The minimum Gasteiger partial charge on any atom is -0.396 e. The minimum absolute atomic E-state index is 0.0106. The Morgan fingerprint density at radius 3 is 2.39 bits per heavy atom. The largest absolute Gasteiger partial charge is 0.396 e. The third kappa shape index (κ3) is 4.81. The molecule has 1 heterocycles. The lowest BCUT2D eigenvalue weighted by molar-refractivity contribution is -0.132. The van der Waals surface area contributed by atoms with Gasteiger partial charge in [0, 0.05) is 19.7 Å². The van der Waals surface area contributed by atoms with Crippen LogP contribution in [0, 0.1) is 17.8 Å². The molecule has 0 radical (unpaired) electrons. The first kappa shape index (κ1) is 15.8. The van der Waals surface area contributed by atoms with E-state index in [0.717, 1.165) is 18.8 Å². The summed E-state index contributed by atoms with van der Waals surface area (Å²) in [4.78, 5) is 14.4. The second-order valence-electron chi connectivity index (χ2n) is 5.95. The van der Waals surface area contributed by atoms with E-state index in [9.17, 15) is 4.79 Å². The number of thioether (sulfide) groups is 1. The van der Waals surface area contributed by atoms with Gasteiger partial charge in [-0.15, -0.1) is 11.8 Å². The first-order valence-corrected chi connectivity index (χ1v) is 8.00. The van der Waals surface area contributed by atoms with Gasteiger partial charge in [-0.3, -0.25) is 4.79 Å². The van der Waals surface area contributed by atoms with Crippen LogP contribution in [0.15, 0.2) is 0 Å². The molecule has 4 unspecified atom stereocenters. The van der Waals surface area contributed by atoms with Crippen molar-refractivity contribution in [3.05, 3.63) is 0 Å². The number of amides is 1. The molecule has 1 fully saturated rings. The van der Waals surface area contributed by atoms with Crippen LogP contribution in [0.1, 0.15) is 34.1 Å². The van der Waals surface area contributed by atoms with Gasteiger partial charge in [-0.05, 0) is 36.9 Å². The molecule has 3 nitrogen and oxygen atoms in total. The molecule has 1 N–H and O–H groups in total. The minimum atomic E-state index is 0.0106. The van der Waals surface area contributed by atoms with Crippen molar-refractivity contribution < 1.29 is 9.90 Å². The van der Waals surface area contributed by atoms with Crippen LogP contribution < -0.4 is 0 Å². The quantitative estimate of drug-likeness (QED) is 0.835. The van der Waals surface area contributed by atoms with Gasteiger partial charge in [0.15, 0.2) is 0 Å². The highest BCUT2D eigenvalue weighted by atomic mass is 32.2. The van der Waals surface area contributed by atoms with Crippen molar-refractivity contribution in [3.63, 3.8) is 0 Å². The van der Waals surface area contributed by atoms with Gasteiger partial charge in [-0.2, -0.15) is 0 Å². The number of nitrogens with zero attached hydrogens (tertiary/aromatic N) is 1. The fourth-order valence-electron chi connectivity index (χ4n) is 2.53. The number of aliphatic hydroxyl groups is 1. The van der Waals surface area contributed by atoms with Crippen LogP contribution in [0.5, 0.6) is 0 Å². The van der Waals surface area contributed by atoms with E-state index in [1.54, 1.807) is 11.8 Å². The number of aliphatic hydroxyl groups excluding tert-OH is 1. The highest BCUT2D eigenvalue weighted by molar-refractivity contribution is 8.00. The normalized spacial score (nSPS) is 27.9. The molecular formula is C14H27NO2S. The Morgan fingerprint density at radius 2 is 1.89 bits per heavy atom. The van der Waals surface area contributed by atoms with Gasteiger partial charge < -0.3 is 10.0 Å². The number of carbonyl (C=O) groups excluding carboxylic acids is 1. The first-order valence-electron chi connectivity index (χ1n) is 6.95. The fraction of sp³-hybridized carbons (Fsp3) is 0.929. The van der Waals surface area contributed by atoms with Crippen LogP contribution in [-0.4, -0.2) is 46.6 Å². The smallest absolute Gasteiger partial charge is 0.235 e. The van der Waals surface area contributed by atoms with E-state index in [0.29, 0.717) is 11.8 Å². The van der Waals surface area contributed by atoms with Crippen LogP contribution in [0.3, 0.4) is 0 Å². The van der Waals surface area contributed by atoms with Gasteiger partial charge in [0.05, 0.1) is 5.25 Å². The van der Waals surface area contributed by atoms with Crippen molar-refractivity contribution in [2.24, 2.45) is 17.8 Å². The monoisotopic (exact) mass is 273 g/mol. The van der Waals surface area contributed by atoms with E-state index in [1.165, 1.54) is 6.42 Å². The summed E-state index contributed by atoms with van der Waals surface area (Å²) in [5.74, 6) is 2.62. The van der Waals surface area contributed by atoms with Crippen molar-refractivity contribution in [2.45, 2.75) is 39.4 Å². The Kier molecular flexibility index (Phi) is 6.50. The number of rotatable bonds is 5. The molecule has 0 bridgehead atoms. The molecule has 0 aromatic rings. The van der Waals surface area contributed by atoms with Crippen molar-refractivity contribution in [1.82, 2.24) is 4.90 Å². The first-order chi connectivity index (χ1) is 8.43. The topological polar surface area (TPSA) is 40.5 Å². The summed E-state index contributed by atoms with van der Waals surface area (Å²) < 4.78 is 0. The average Bonchev–Trinajstić information content (AvgIpc) is 2.33. The number of likely N-dealkylation sites (tertiary alicyclic amines) is 1. The number of carbonyl (C=O) groups is 1. The van der Waals surface area contributed by atoms with Crippen LogP contribution in [0.2, 0.25) is 0 Å². The highest BCUT2D eigenvalue weighted by Crippen LogP contribution is 2.24. The lowest BCUT2D eigenvalue weighted by Gasteiger charge is -2.36. The Bertz CT molecular complexity index is 263. The lowest BCUT2D eigenvalue weighted by atomic mass is 9.92. The van der Waals surface area contributed by atoms with Gasteiger partial charge in [-0.25, -0.2) is 0 Å². The Labute approximate surface area is 115 Å². The number of hydrogen-bond acceptors (Lipinski definition) is 3. The predicted octanol–water partition coefficient (Wildman–Crippen LogP) is 2.24. The third-order valence-corrected chi connectivity index (χ3v) is 4.93. The van der Waals surface area contributed by atoms with E-state index >= 15 is 0 Å². The van der Waals surface area contributed by atoms with Crippen molar-refractivity contribution >= 4 is 17.7 Å². The van der Waals surface area contributed by atoms with Gasteiger partial charge in [0.25, 0.3) is 0 Å². The second kappa shape index (κ2) is 7.39. The summed E-state index contributed by atoms with van der Waals surface area (Å²) in [6.45, 7) is 10.5. The predicted molar refractivity (Wildman–Crippen MR) is 77.7 cm³/mol. The summed E-state index contributed by atoms with van der Waals surface area (Å²) in [6.07, 6.45) is 1.23. The zero-order valence-electron chi connectivity index (χ0n) is 12.1. The van der Waals surface area contributed by atoms with Gasteiger partial charge in [-0.1, -0.05) is 20.8 Å². The van der Waals surface area contributed by atoms with Gasteiger partial charge >= 0.3 is 0 Å². The Morgan fingerprint density at radius 1 is 1.33 bits per heavy atom. The van der Waals surface area contributed by atoms with E-state index < -0.39 is 0 Å². The maximum Gasteiger partial charge on any atom is 0.235 e. The van der Waals surface area contributed by atoms with Crippen molar-refractivity contribution in [3.8, 4) is 0 Å². The summed E-state index contributed by atoms with van der Waals surface area (Å²) in [5, 5.41) is 9.01. The zero-order valence-corrected chi connectivity index (χ0v) is 12.9. The number of hydrogen-bond donors (Lipinski definition) is 1. The molecule has 0 spiro atoms. The molecule has 1 aliphatic rings. The van der Waals surface area contributed by atoms with Crippen LogP contribution >= 0.6 is 11.8 Å². The maximum atomic E-state index is 12.3. The van der Waals surface area contributed by atoms with Crippen LogP contribution in [-0.2, 0) is 4.79 Å². The number of piperidine rings is 1. The average molecular weight is 273 g/mol. The molecular weight excluding hydrogens is 246 g/mol. The van der Waals surface area contributed by atoms with E-state index in [4.69, 9.17) is 5.11 Å². The zero-order chi connectivity index (χ0) is 13.7. The highest BCUT2D eigenvalue weighted by Gasteiger charge is 2.28. The Hall–Kier alpha value is -0.220. The van der Waals surface area contributed by atoms with Crippen LogP contribution in [0.4, 0.5) is 0 Å². The molecule has 0 saturated carbocycles. The molecule has 1 saturated heterocycles. The molecule has 4 heteroatoms. The molecule has 18 heavy (non-hydrogen) atoms. The SMILES string of the molecule is CC(CO)CSC(C)C(=O)N1CC(C)CC(C)C1. The van der Waals surface area contributed by atoms with Gasteiger partial charge in [0.1, 0.15) is 0 Å². The van der Waals surface area contributed by atoms with E-state index in [-0.39, 0.29) is 23.7 Å². The fourth-order valence-corrected chi connectivity index (χ4v) is 3.55. The molecule has 1 aliphatic heterocycles. The standard InChI is InChI=1S/C14H27NO2S/c1-10-5-11(2)7-15(6-10)14(17)13(4)18-9-12(3)8-16/h10-13,16H,5-9H2,1-4H3. The second-order valence-corrected chi connectivity index (χ2v) is 7.33. The maximum absolute atomic E-state index is 12.3. The summed E-state index contributed by atoms with van der Waals surface area (Å²) in [5.41, 5.74) is 0. The third-order valence-electron chi connectivity index (χ3n) is 3.47. The summed E-state index contributed by atoms with van der Waals surface area (Å²) in [6, 6.07) is 0. The molecule has 1 rings (SSSR count). The molecule has 106 valence electrons. The van der Waals surface area contributed by atoms with Crippen molar-refractivity contribution in [2.75, 3.05) is 25.4 Å². The Balaban J connectivity index is 2.42. The van der Waals surface area contributed by atoms with Crippen LogP contribution in [0.25, 0.3) is 0 Å². The van der Waals surface area contributed by atoms with Crippen molar-refractivity contribution in [1.29, 1.82) is 0 Å². The summed E-state index contributed by atoms with van der Waals surface area (Å²) >= 11 is 1.66. The van der Waals surface area contributed by atoms with E-state index in [2.05, 4.69) is 13.8 Å².